The van der Waals surface area contributed by atoms with E-state index < -0.39 is 36.0 Å². The molecule has 0 bridgehead atoms. The summed E-state index contributed by atoms with van der Waals surface area (Å²) in [7, 11) is 0. The number of likely N-dealkylation sites (tertiary alicyclic amines) is 1. The summed E-state index contributed by atoms with van der Waals surface area (Å²) >= 11 is 0. The third-order valence-electron chi connectivity index (χ3n) is 6.26. The number of benzene rings is 1. The number of imide groups is 1. The maximum Gasteiger partial charge on any atom is 0.326 e. The van der Waals surface area contributed by atoms with Crippen molar-refractivity contribution in [2.45, 2.75) is 83.9 Å². The fourth-order valence-corrected chi connectivity index (χ4v) is 4.57. The molecule has 9 heteroatoms. The normalized spacial score (nSPS) is 18.2. The third kappa shape index (κ3) is 6.81. The van der Waals surface area contributed by atoms with Crippen LogP contribution in [0, 0.1) is 0 Å². The van der Waals surface area contributed by atoms with Crippen LogP contribution in [0.4, 0.5) is 5.69 Å². The fourth-order valence-electron chi connectivity index (χ4n) is 4.57. The first-order valence-electron chi connectivity index (χ1n) is 12.5. The van der Waals surface area contributed by atoms with Gasteiger partial charge in [0.25, 0.3) is 11.8 Å². The summed E-state index contributed by atoms with van der Waals surface area (Å²) in [6.45, 7) is 6.55. The second kappa shape index (κ2) is 11.7. The van der Waals surface area contributed by atoms with Gasteiger partial charge in [-0.2, -0.15) is 0 Å². The van der Waals surface area contributed by atoms with Crippen molar-refractivity contribution in [3.63, 3.8) is 0 Å². The first-order valence-corrected chi connectivity index (χ1v) is 12.5. The molecular weight excluding hydrogens is 448 g/mol. The van der Waals surface area contributed by atoms with Crippen molar-refractivity contribution in [1.29, 1.82) is 0 Å². The van der Waals surface area contributed by atoms with E-state index in [0.717, 1.165) is 61.3 Å². The van der Waals surface area contributed by atoms with Crippen LogP contribution in [0.2, 0.25) is 0 Å². The molecular formula is C26H38N4O5. The van der Waals surface area contributed by atoms with Crippen molar-refractivity contribution in [2.24, 2.45) is 5.73 Å². The van der Waals surface area contributed by atoms with E-state index in [0.29, 0.717) is 12.1 Å². The van der Waals surface area contributed by atoms with Crippen LogP contribution in [0.1, 0.15) is 81.6 Å². The highest BCUT2D eigenvalue weighted by Gasteiger charge is 2.44. The van der Waals surface area contributed by atoms with Crippen LogP contribution in [-0.2, 0) is 25.7 Å². The maximum atomic E-state index is 13.2. The topological polar surface area (TPSA) is 122 Å². The number of carbonyl (C=O) groups is 4. The highest BCUT2D eigenvalue weighted by molar-refractivity contribution is 6.07. The van der Waals surface area contributed by atoms with Crippen LogP contribution in [-0.4, -0.2) is 64.8 Å². The zero-order valence-electron chi connectivity index (χ0n) is 21.1. The maximum absolute atomic E-state index is 13.2. The molecule has 0 saturated carbocycles. The molecule has 192 valence electrons. The molecule has 1 aromatic carbocycles. The second-order valence-electron chi connectivity index (χ2n) is 10.2. The molecule has 3 rings (SSSR count). The molecule has 3 amide bonds. The van der Waals surface area contributed by atoms with Gasteiger partial charge in [-0.3, -0.25) is 24.1 Å². The van der Waals surface area contributed by atoms with Gasteiger partial charge >= 0.3 is 5.97 Å². The van der Waals surface area contributed by atoms with Gasteiger partial charge in [0.15, 0.2) is 0 Å². The molecule has 1 unspecified atom stereocenters. The Morgan fingerprint density at radius 2 is 1.83 bits per heavy atom. The number of anilines is 1. The SMILES string of the molecule is CC(C)(C)OC(=O)CN1C(=O)CCC(N2Cc3c(NCCCCCCCN)cccc3C2=O)C1=O. The summed E-state index contributed by atoms with van der Waals surface area (Å²) < 4.78 is 5.28. The van der Waals surface area contributed by atoms with Crippen LogP contribution < -0.4 is 11.1 Å². The Hall–Kier alpha value is -2.94. The van der Waals surface area contributed by atoms with Crippen LogP contribution >= 0.6 is 0 Å². The van der Waals surface area contributed by atoms with Crippen molar-refractivity contribution in [3.05, 3.63) is 29.3 Å². The molecule has 3 N–H and O–H groups in total. The molecule has 1 aromatic rings. The molecule has 1 saturated heterocycles. The van der Waals surface area contributed by atoms with Crippen LogP contribution in [0.15, 0.2) is 18.2 Å². The van der Waals surface area contributed by atoms with Gasteiger partial charge in [0.1, 0.15) is 18.2 Å². The van der Waals surface area contributed by atoms with Gasteiger partial charge < -0.3 is 20.7 Å². The largest absolute Gasteiger partial charge is 0.459 e. The minimum absolute atomic E-state index is 0.0919. The Balaban J connectivity index is 1.64. The van der Waals surface area contributed by atoms with Gasteiger partial charge in [0.05, 0.1) is 0 Å². The van der Waals surface area contributed by atoms with Gasteiger partial charge in [-0.25, -0.2) is 0 Å². The monoisotopic (exact) mass is 486 g/mol. The number of nitrogens with zero attached hydrogens (tertiary/aromatic N) is 2. The van der Waals surface area contributed by atoms with Gasteiger partial charge in [-0.15, -0.1) is 0 Å². The van der Waals surface area contributed by atoms with E-state index in [1.165, 1.54) is 4.90 Å². The minimum Gasteiger partial charge on any atom is -0.459 e. The summed E-state index contributed by atoms with van der Waals surface area (Å²) in [5, 5.41) is 3.44. The first-order chi connectivity index (χ1) is 16.6. The highest BCUT2D eigenvalue weighted by Crippen LogP contribution is 2.33. The quantitative estimate of drug-likeness (QED) is 0.280. The second-order valence-corrected chi connectivity index (χ2v) is 10.2. The molecule has 35 heavy (non-hydrogen) atoms. The molecule has 1 atom stereocenters. The summed E-state index contributed by atoms with van der Waals surface area (Å²) in [6.07, 6.45) is 5.82. The van der Waals surface area contributed by atoms with E-state index in [-0.39, 0.29) is 18.7 Å². The number of fused-ring (bicyclic) bond motifs is 1. The van der Waals surface area contributed by atoms with E-state index in [9.17, 15) is 19.2 Å². The summed E-state index contributed by atoms with van der Waals surface area (Å²) in [6, 6.07) is 4.77. The number of carbonyl (C=O) groups excluding carboxylic acids is 4. The first kappa shape index (κ1) is 26.7. The molecule has 0 aliphatic carbocycles. The molecule has 2 heterocycles. The summed E-state index contributed by atoms with van der Waals surface area (Å²) in [4.78, 5) is 53.6. The van der Waals surface area contributed by atoms with Crippen LogP contribution in [0.25, 0.3) is 0 Å². The van der Waals surface area contributed by atoms with Gasteiger partial charge in [0.2, 0.25) is 5.91 Å². The predicted molar refractivity (Wildman–Crippen MR) is 133 cm³/mol. The van der Waals surface area contributed by atoms with E-state index in [1.54, 1.807) is 26.8 Å². The smallest absolute Gasteiger partial charge is 0.326 e. The Bertz CT molecular complexity index is 956. The molecule has 0 spiro atoms. The molecule has 2 aliphatic rings. The van der Waals surface area contributed by atoms with Crippen molar-refractivity contribution in [2.75, 3.05) is 25.0 Å². The number of nitrogens with one attached hydrogen (secondary N) is 1. The van der Waals surface area contributed by atoms with Crippen molar-refractivity contribution < 1.29 is 23.9 Å². The van der Waals surface area contributed by atoms with Crippen molar-refractivity contribution in [3.8, 4) is 0 Å². The number of hydrogen-bond donors (Lipinski definition) is 2. The number of esters is 1. The number of ether oxygens (including phenoxy) is 1. The molecule has 9 nitrogen and oxygen atoms in total. The summed E-state index contributed by atoms with van der Waals surface area (Å²) in [5.41, 5.74) is 7.14. The molecule has 1 fully saturated rings. The predicted octanol–water partition coefficient (Wildman–Crippen LogP) is 2.82. The van der Waals surface area contributed by atoms with Crippen LogP contribution in [0.5, 0.6) is 0 Å². The number of rotatable bonds is 11. The van der Waals surface area contributed by atoms with Crippen molar-refractivity contribution >= 4 is 29.4 Å². The average molecular weight is 487 g/mol. The lowest BCUT2D eigenvalue weighted by Gasteiger charge is -2.35. The molecule has 2 aliphatic heterocycles. The Kier molecular flexibility index (Phi) is 8.88. The van der Waals surface area contributed by atoms with Gasteiger partial charge in [-0.05, 0) is 58.7 Å². The fraction of sp³-hybridized carbons (Fsp3) is 0.615. The molecule has 0 aromatic heterocycles. The van der Waals surface area contributed by atoms with E-state index in [2.05, 4.69) is 5.32 Å². The van der Waals surface area contributed by atoms with E-state index in [4.69, 9.17) is 10.5 Å². The van der Waals surface area contributed by atoms with Crippen LogP contribution in [0.3, 0.4) is 0 Å². The zero-order valence-corrected chi connectivity index (χ0v) is 21.1. The minimum atomic E-state index is -0.787. The number of piperidine rings is 1. The number of unbranched alkanes of at least 4 members (excludes halogenated alkanes) is 4. The van der Waals surface area contributed by atoms with E-state index in [1.807, 2.05) is 12.1 Å². The lowest BCUT2D eigenvalue weighted by atomic mass is 10.0. The molecule has 0 radical (unpaired) electrons. The van der Waals surface area contributed by atoms with Crippen molar-refractivity contribution in [1.82, 2.24) is 9.80 Å². The van der Waals surface area contributed by atoms with E-state index >= 15 is 0 Å². The Morgan fingerprint density at radius 1 is 1.11 bits per heavy atom. The zero-order chi connectivity index (χ0) is 25.6. The van der Waals surface area contributed by atoms with Gasteiger partial charge in [-0.1, -0.05) is 25.3 Å². The lowest BCUT2D eigenvalue weighted by molar-refractivity contribution is -0.165. The number of nitrogens with two attached hydrogens (primary N) is 1. The number of hydrogen-bond acceptors (Lipinski definition) is 7. The van der Waals surface area contributed by atoms with Gasteiger partial charge in [0, 0.05) is 36.3 Å². The highest BCUT2D eigenvalue weighted by atomic mass is 16.6. The number of amides is 3. The lowest BCUT2D eigenvalue weighted by Crippen LogP contribution is -2.56. The Morgan fingerprint density at radius 3 is 2.54 bits per heavy atom. The standard InChI is InChI=1S/C26H38N4O5/c1-26(2,3)35-23(32)17-30-22(31)13-12-21(25(30)34)29-16-19-18(24(29)33)10-9-11-20(19)28-15-8-6-4-5-7-14-27/h9-11,21,28H,4-8,12-17,27H2,1-3H3. The summed E-state index contributed by atoms with van der Waals surface area (Å²) in [5.74, 6) is -1.82. The third-order valence-corrected chi connectivity index (χ3v) is 6.26. The Labute approximate surface area is 207 Å². The average Bonchev–Trinajstić information content (AvgIpc) is 3.12.